The molecule has 8 nitrogen and oxygen atoms in total. The fourth-order valence-electron chi connectivity index (χ4n) is 4.94. The van der Waals surface area contributed by atoms with Crippen LogP contribution in [0.25, 0.3) is 0 Å². The number of carbonyl (C=O) groups excluding carboxylic acids is 2. The van der Waals surface area contributed by atoms with Crippen LogP contribution in [-0.4, -0.2) is 67.8 Å². The van der Waals surface area contributed by atoms with E-state index >= 15 is 0 Å². The second-order valence-electron chi connectivity index (χ2n) is 10.5. The van der Waals surface area contributed by atoms with E-state index in [2.05, 4.69) is 10.6 Å². The molecule has 0 aromatic heterocycles. The van der Waals surface area contributed by atoms with Crippen LogP contribution < -0.4 is 20.1 Å². The van der Waals surface area contributed by atoms with Gasteiger partial charge in [0.15, 0.2) is 0 Å². The molecule has 3 N–H and O–H groups in total. The molecule has 0 saturated carbocycles. The van der Waals surface area contributed by atoms with Crippen molar-refractivity contribution in [2.24, 2.45) is 0 Å². The van der Waals surface area contributed by atoms with Crippen LogP contribution in [0.4, 0.5) is 0 Å². The molecule has 42 heavy (non-hydrogen) atoms. The number of benzene rings is 3. The molecule has 0 aliphatic rings. The number of hydrogen-bond donors (Lipinski definition) is 3. The van der Waals surface area contributed by atoms with Gasteiger partial charge in [0.25, 0.3) is 11.8 Å². The number of aliphatic hydroxyl groups excluding tert-OH is 1. The molecule has 0 fully saturated rings. The van der Waals surface area contributed by atoms with Crippen molar-refractivity contribution in [3.05, 3.63) is 94.5 Å². The van der Waals surface area contributed by atoms with Crippen LogP contribution in [-0.2, 0) is 13.0 Å². The Hall–Kier alpha value is -3.88. The average Bonchev–Trinajstić information content (AvgIpc) is 3.01. The van der Waals surface area contributed by atoms with Gasteiger partial charge >= 0.3 is 0 Å². The molecule has 0 saturated heterocycles. The van der Waals surface area contributed by atoms with E-state index in [1.165, 1.54) is 0 Å². The van der Waals surface area contributed by atoms with E-state index in [9.17, 15) is 14.7 Å². The molecule has 2 amide bonds. The summed E-state index contributed by atoms with van der Waals surface area (Å²) in [4.78, 5) is 28.6. The van der Waals surface area contributed by atoms with Gasteiger partial charge in [0.1, 0.15) is 11.5 Å². The number of nitrogens with zero attached hydrogens (tertiary/aromatic N) is 1. The normalized spacial score (nSPS) is 12.3. The molecule has 0 heterocycles. The van der Waals surface area contributed by atoms with E-state index in [-0.39, 0.29) is 18.4 Å². The fourth-order valence-corrected chi connectivity index (χ4v) is 4.94. The predicted octanol–water partition coefficient (Wildman–Crippen LogP) is 4.77. The first-order valence-corrected chi connectivity index (χ1v) is 14.6. The highest BCUT2D eigenvalue weighted by molar-refractivity contribution is 6.00. The Balaban J connectivity index is 1.89. The van der Waals surface area contributed by atoms with E-state index in [0.29, 0.717) is 43.6 Å². The first kappa shape index (κ1) is 32.6. The summed E-state index contributed by atoms with van der Waals surface area (Å²) >= 11 is 0. The Labute approximate surface area is 250 Å². The van der Waals surface area contributed by atoms with Gasteiger partial charge in [-0.1, -0.05) is 38.1 Å². The zero-order valence-corrected chi connectivity index (χ0v) is 25.5. The van der Waals surface area contributed by atoms with Crippen molar-refractivity contribution in [3.8, 4) is 11.5 Å². The van der Waals surface area contributed by atoms with Crippen LogP contribution in [0.5, 0.6) is 11.5 Å². The molecular weight excluding hydrogens is 530 g/mol. The lowest BCUT2D eigenvalue weighted by atomic mass is 9.97. The van der Waals surface area contributed by atoms with Gasteiger partial charge in [-0.2, -0.15) is 0 Å². The summed E-state index contributed by atoms with van der Waals surface area (Å²) in [7, 11) is 3.25. The monoisotopic (exact) mass is 575 g/mol. The standard InChI is InChI=1S/C34H45N3O5/c1-6-15-36-33(39)27-17-24(3)18-28(21-27)34(40)37(16-7-2)31(20-25-11-13-29(41-4)14-12-25)32(38)23-35-22-26-9-8-10-30(19-26)42-5/h8-14,17-19,21,31-32,35,38H,6-7,15-16,20,22-23H2,1-5H3,(H,36,39)/t31-,32+/m0/s1. The van der Waals surface area contributed by atoms with Crippen LogP contribution >= 0.6 is 0 Å². The van der Waals surface area contributed by atoms with Gasteiger partial charge in [0.2, 0.25) is 0 Å². The van der Waals surface area contributed by atoms with Gasteiger partial charge in [-0.25, -0.2) is 0 Å². The number of aryl methyl sites for hydroxylation is 1. The summed E-state index contributed by atoms with van der Waals surface area (Å²) in [6, 6.07) is 20.2. The van der Waals surface area contributed by atoms with Gasteiger partial charge in [-0.3, -0.25) is 9.59 Å². The third-order valence-corrected chi connectivity index (χ3v) is 7.11. The molecule has 226 valence electrons. The molecule has 0 aliphatic carbocycles. The molecule has 3 aromatic rings. The van der Waals surface area contributed by atoms with Gasteiger partial charge in [-0.05, 0) is 85.3 Å². The third-order valence-electron chi connectivity index (χ3n) is 7.11. The van der Waals surface area contributed by atoms with Crippen LogP contribution in [0.3, 0.4) is 0 Å². The molecule has 0 radical (unpaired) electrons. The van der Waals surface area contributed by atoms with E-state index in [1.807, 2.05) is 69.3 Å². The topological polar surface area (TPSA) is 100 Å². The van der Waals surface area contributed by atoms with E-state index < -0.39 is 12.1 Å². The second kappa shape index (κ2) is 16.5. The molecular formula is C34H45N3O5. The Kier molecular flexibility index (Phi) is 12.8. The number of aliphatic hydroxyl groups is 1. The summed E-state index contributed by atoms with van der Waals surface area (Å²) in [6.45, 7) is 7.73. The van der Waals surface area contributed by atoms with Crippen molar-refractivity contribution in [2.45, 2.75) is 58.7 Å². The van der Waals surface area contributed by atoms with Gasteiger partial charge in [0, 0.05) is 37.3 Å². The number of amides is 2. The maximum atomic E-state index is 14.1. The Morgan fingerprint density at radius 2 is 1.60 bits per heavy atom. The first-order chi connectivity index (χ1) is 20.3. The number of carbonyl (C=O) groups is 2. The highest BCUT2D eigenvalue weighted by Gasteiger charge is 2.31. The van der Waals surface area contributed by atoms with Crippen molar-refractivity contribution in [1.29, 1.82) is 0 Å². The minimum absolute atomic E-state index is 0.201. The third kappa shape index (κ3) is 9.33. The van der Waals surface area contributed by atoms with Crippen LogP contribution in [0.1, 0.15) is 64.1 Å². The number of ether oxygens (including phenoxy) is 2. The molecule has 3 rings (SSSR count). The lowest BCUT2D eigenvalue weighted by Crippen LogP contribution is -2.51. The molecule has 0 spiro atoms. The minimum Gasteiger partial charge on any atom is -0.497 e. The molecule has 3 aromatic carbocycles. The highest BCUT2D eigenvalue weighted by Crippen LogP contribution is 2.21. The second-order valence-corrected chi connectivity index (χ2v) is 10.5. The lowest BCUT2D eigenvalue weighted by Gasteiger charge is -2.35. The lowest BCUT2D eigenvalue weighted by molar-refractivity contribution is 0.0353. The summed E-state index contributed by atoms with van der Waals surface area (Å²) < 4.78 is 10.6. The number of nitrogens with one attached hydrogen (secondary N) is 2. The molecule has 0 aliphatic heterocycles. The molecule has 2 atom stereocenters. The van der Waals surface area contributed by atoms with E-state index in [1.54, 1.807) is 37.3 Å². The molecule has 0 bridgehead atoms. The predicted molar refractivity (Wildman–Crippen MR) is 166 cm³/mol. The quantitative estimate of drug-likeness (QED) is 0.228. The molecule has 0 unspecified atom stereocenters. The van der Waals surface area contributed by atoms with E-state index in [4.69, 9.17) is 9.47 Å². The number of hydrogen-bond acceptors (Lipinski definition) is 6. The fraction of sp³-hybridized carbons (Fsp3) is 0.412. The smallest absolute Gasteiger partial charge is 0.254 e. The largest absolute Gasteiger partial charge is 0.497 e. The summed E-state index contributed by atoms with van der Waals surface area (Å²) in [6.07, 6.45) is 1.13. The van der Waals surface area contributed by atoms with Crippen LogP contribution in [0, 0.1) is 6.92 Å². The number of methoxy groups -OCH3 is 2. The van der Waals surface area contributed by atoms with Crippen molar-refractivity contribution in [1.82, 2.24) is 15.5 Å². The average molecular weight is 576 g/mol. The highest BCUT2D eigenvalue weighted by atomic mass is 16.5. The summed E-state index contributed by atoms with van der Waals surface area (Å²) in [5.41, 5.74) is 3.72. The summed E-state index contributed by atoms with van der Waals surface area (Å²) in [5, 5.41) is 17.8. The van der Waals surface area contributed by atoms with Crippen molar-refractivity contribution < 1.29 is 24.2 Å². The SMILES string of the molecule is CCCNC(=O)c1cc(C)cc(C(=O)N(CCC)[C@@H](Cc2ccc(OC)cc2)[C@H](O)CNCc2cccc(OC)c2)c1. The zero-order chi connectivity index (χ0) is 30.5. The van der Waals surface area contributed by atoms with Gasteiger partial charge < -0.3 is 30.1 Å². The maximum Gasteiger partial charge on any atom is 0.254 e. The zero-order valence-electron chi connectivity index (χ0n) is 25.5. The Morgan fingerprint density at radius 1 is 0.881 bits per heavy atom. The van der Waals surface area contributed by atoms with Gasteiger partial charge in [-0.15, -0.1) is 0 Å². The van der Waals surface area contributed by atoms with Crippen molar-refractivity contribution >= 4 is 11.8 Å². The molecule has 8 heteroatoms. The number of rotatable bonds is 16. The first-order valence-electron chi connectivity index (χ1n) is 14.6. The maximum absolute atomic E-state index is 14.1. The van der Waals surface area contributed by atoms with Crippen molar-refractivity contribution in [3.63, 3.8) is 0 Å². The van der Waals surface area contributed by atoms with Gasteiger partial charge in [0.05, 0.1) is 26.4 Å². The Bertz CT molecular complexity index is 1290. The van der Waals surface area contributed by atoms with Crippen LogP contribution in [0.2, 0.25) is 0 Å². The van der Waals surface area contributed by atoms with E-state index in [0.717, 1.165) is 34.6 Å². The van der Waals surface area contributed by atoms with Crippen LogP contribution in [0.15, 0.2) is 66.7 Å². The Morgan fingerprint density at radius 3 is 2.26 bits per heavy atom. The minimum atomic E-state index is -0.856. The summed E-state index contributed by atoms with van der Waals surface area (Å²) in [5.74, 6) is 1.10. The van der Waals surface area contributed by atoms with Crippen molar-refractivity contribution in [2.75, 3.05) is 33.9 Å².